The van der Waals surface area contributed by atoms with Gasteiger partial charge >= 0.3 is 0 Å². The zero-order valence-electron chi connectivity index (χ0n) is 13.2. The van der Waals surface area contributed by atoms with E-state index in [-0.39, 0.29) is 5.91 Å². The minimum Gasteiger partial charge on any atom is -0.304 e. The number of nitrogens with zero attached hydrogens (tertiary/aromatic N) is 4. The number of hydrogen-bond acceptors (Lipinski definition) is 3. The third kappa shape index (κ3) is 3.48. The van der Waals surface area contributed by atoms with Crippen molar-refractivity contribution >= 4 is 11.7 Å². The van der Waals surface area contributed by atoms with Crippen molar-refractivity contribution in [1.82, 2.24) is 19.6 Å². The molecule has 0 bridgehead atoms. The highest BCUT2D eigenvalue weighted by molar-refractivity contribution is 6.02. The van der Waals surface area contributed by atoms with E-state index < -0.39 is 0 Å². The minimum absolute atomic E-state index is 0.249. The van der Waals surface area contributed by atoms with Gasteiger partial charge in [0.05, 0.1) is 6.54 Å². The summed E-state index contributed by atoms with van der Waals surface area (Å²) < 4.78 is 3.59. The lowest BCUT2D eigenvalue weighted by molar-refractivity contribution is 0.102. The number of rotatable bonds is 5. The van der Waals surface area contributed by atoms with Gasteiger partial charge in [0.2, 0.25) is 0 Å². The van der Waals surface area contributed by atoms with Crippen molar-refractivity contribution in [3.8, 4) is 0 Å². The Kier molecular flexibility index (Phi) is 4.23. The maximum atomic E-state index is 12.2. The minimum atomic E-state index is -0.249. The zero-order valence-corrected chi connectivity index (χ0v) is 13.2. The van der Waals surface area contributed by atoms with E-state index in [0.717, 1.165) is 12.2 Å². The summed E-state index contributed by atoms with van der Waals surface area (Å²) in [5.41, 5.74) is 2.55. The predicted molar refractivity (Wildman–Crippen MR) is 88.4 cm³/mol. The second-order valence-corrected chi connectivity index (χ2v) is 5.33. The SMILES string of the molecule is CCn1ccc(C(=O)Nc2cc(C)n(Cc3ccccc3)n2)n1. The quantitative estimate of drug-likeness (QED) is 0.788. The van der Waals surface area contributed by atoms with Gasteiger partial charge in [0.15, 0.2) is 11.5 Å². The Labute approximate surface area is 134 Å². The highest BCUT2D eigenvalue weighted by Crippen LogP contribution is 2.12. The standard InChI is InChI=1S/C17H19N5O/c1-3-21-10-9-15(19-21)17(23)18-16-11-13(2)22(20-16)12-14-7-5-4-6-8-14/h4-11H,3,12H2,1-2H3,(H,18,20,23). The van der Waals surface area contributed by atoms with Crippen LogP contribution in [0.15, 0.2) is 48.7 Å². The molecule has 0 spiro atoms. The molecule has 6 heteroatoms. The van der Waals surface area contributed by atoms with Crippen LogP contribution in [0.3, 0.4) is 0 Å². The van der Waals surface area contributed by atoms with Gasteiger partial charge in [-0.15, -0.1) is 0 Å². The Hall–Kier alpha value is -2.89. The van der Waals surface area contributed by atoms with Crippen LogP contribution >= 0.6 is 0 Å². The van der Waals surface area contributed by atoms with E-state index in [0.29, 0.717) is 18.1 Å². The van der Waals surface area contributed by atoms with Gasteiger partial charge in [-0.25, -0.2) is 0 Å². The number of anilines is 1. The summed E-state index contributed by atoms with van der Waals surface area (Å²) in [6.45, 7) is 5.35. The van der Waals surface area contributed by atoms with E-state index >= 15 is 0 Å². The number of benzene rings is 1. The predicted octanol–water partition coefficient (Wildman–Crippen LogP) is 2.71. The molecule has 23 heavy (non-hydrogen) atoms. The fourth-order valence-electron chi connectivity index (χ4n) is 2.33. The van der Waals surface area contributed by atoms with Crippen molar-refractivity contribution in [3.05, 3.63) is 65.6 Å². The molecule has 0 aliphatic rings. The summed E-state index contributed by atoms with van der Waals surface area (Å²) in [5, 5.41) is 11.4. The van der Waals surface area contributed by atoms with Crippen molar-refractivity contribution in [2.24, 2.45) is 0 Å². The molecular formula is C17H19N5O. The van der Waals surface area contributed by atoms with Crippen LogP contribution in [0, 0.1) is 6.92 Å². The lowest BCUT2D eigenvalue weighted by Gasteiger charge is -2.04. The van der Waals surface area contributed by atoms with Crippen LogP contribution < -0.4 is 5.32 Å². The molecule has 3 aromatic rings. The van der Waals surface area contributed by atoms with Gasteiger partial charge in [-0.2, -0.15) is 10.2 Å². The average molecular weight is 309 g/mol. The molecule has 1 aromatic carbocycles. The molecule has 2 aromatic heterocycles. The van der Waals surface area contributed by atoms with Crippen LogP contribution in [0.5, 0.6) is 0 Å². The van der Waals surface area contributed by atoms with Crippen LogP contribution in [0.1, 0.15) is 28.7 Å². The number of carbonyl (C=O) groups excluding carboxylic acids is 1. The summed E-state index contributed by atoms with van der Waals surface area (Å²) in [6, 6.07) is 13.7. The molecule has 0 saturated heterocycles. The topological polar surface area (TPSA) is 64.7 Å². The van der Waals surface area contributed by atoms with Gasteiger partial charge < -0.3 is 5.32 Å². The number of aromatic nitrogens is 4. The van der Waals surface area contributed by atoms with Crippen molar-refractivity contribution in [1.29, 1.82) is 0 Å². The van der Waals surface area contributed by atoms with Crippen LogP contribution in [0.2, 0.25) is 0 Å². The number of amides is 1. The first-order valence-electron chi connectivity index (χ1n) is 7.59. The van der Waals surface area contributed by atoms with Crippen molar-refractivity contribution in [2.45, 2.75) is 26.9 Å². The average Bonchev–Trinajstić information content (AvgIpc) is 3.16. The second kappa shape index (κ2) is 6.48. The molecule has 0 aliphatic carbocycles. The lowest BCUT2D eigenvalue weighted by Crippen LogP contribution is -2.14. The zero-order chi connectivity index (χ0) is 16.2. The molecule has 1 N–H and O–H groups in total. The molecule has 0 aliphatic heterocycles. The van der Waals surface area contributed by atoms with E-state index in [2.05, 4.69) is 27.6 Å². The second-order valence-electron chi connectivity index (χ2n) is 5.33. The molecule has 6 nitrogen and oxygen atoms in total. The Balaban J connectivity index is 1.71. The molecule has 0 fully saturated rings. The molecule has 118 valence electrons. The van der Waals surface area contributed by atoms with Gasteiger partial charge in [0.25, 0.3) is 5.91 Å². The molecule has 2 heterocycles. The first kappa shape index (κ1) is 15.0. The number of aryl methyl sites for hydroxylation is 2. The van der Waals surface area contributed by atoms with Gasteiger partial charge in [-0.05, 0) is 25.5 Å². The summed E-state index contributed by atoms with van der Waals surface area (Å²) in [7, 11) is 0. The first-order chi connectivity index (χ1) is 11.2. The molecule has 0 atom stereocenters. The largest absolute Gasteiger partial charge is 0.304 e. The van der Waals surface area contributed by atoms with Gasteiger partial charge in [0.1, 0.15) is 0 Å². The van der Waals surface area contributed by atoms with Gasteiger partial charge in [0, 0.05) is 24.5 Å². The maximum absolute atomic E-state index is 12.2. The van der Waals surface area contributed by atoms with E-state index in [1.54, 1.807) is 16.9 Å². The van der Waals surface area contributed by atoms with Crippen LogP contribution in [-0.4, -0.2) is 25.5 Å². The normalized spacial score (nSPS) is 10.7. The monoisotopic (exact) mass is 309 g/mol. The maximum Gasteiger partial charge on any atom is 0.277 e. The third-order valence-electron chi connectivity index (χ3n) is 3.60. The highest BCUT2D eigenvalue weighted by atomic mass is 16.2. The smallest absolute Gasteiger partial charge is 0.277 e. The van der Waals surface area contributed by atoms with E-state index in [1.165, 1.54) is 5.56 Å². The van der Waals surface area contributed by atoms with Crippen molar-refractivity contribution < 1.29 is 4.79 Å². The van der Waals surface area contributed by atoms with E-state index in [9.17, 15) is 4.79 Å². The lowest BCUT2D eigenvalue weighted by atomic mass is 10.2. The Morgan fingerprint density at radius 1 is 1.17 bits per heavy atom. The number of hydrogen-bond donors (Lipinski definition) is 1. The van der Waals surface area contributed by atoms with E-state index in [4.69, 9.17) is 0 Å². The third-order valence-corrected chi connectivity index (χ3v) is 3.60. The summed E-state index contributed by atoms with van der Waals surface area (Å²) in [5.74, 6) is 0.288. The Morgan fingerprint density at radius 3 is 2.65 bits per heavy atom. The Morgan fingerprint density at radius 2 is 1.96 bits per heavy atom. The van der Waals surface area contributed by atoms with Crippen molar-refractivity contribution in [2.75, 3.05) is 5.32 Å². The molecule has 3 rings (SSSR count). The fraction of sp³-hybridized carbons (Fsp3) is 0.235. The number of nitrogens with one attached hydrogen (secondary N) is 1. The number of carbonyl (C=O) groups is 1. The Bertz CT molecular complexity index is 804. The summed E-state index contributed by atoms with van der Waals surface area (Å²) in [6.07, 6.45) is 1.79. The van der Waals surface area contributed by atoms with Crippen LogP contribution in [0.25, 0.3) is 0 Å². The van der Waals surface area contributed by atoms with Crippen molar-refractivity contribution in [3.63, 3.8) is 0 Å². The summed E-state index contributed by atoms with van der Waals surface area (Å²) in [4.78, 5) is 12.2. The molecule has 0 unspecified atom stereocenters. The van der Waals surface area contributed by atoms with Crippen LogP contribution in [-0.2, 0) is 13.1 Å². The fourth-order valence-corrected chi connectivity index (χ4v) is 2.33. The van der Waals surface area contributed by atoms with Gasteiger partial charge in [-0.1, -0.05) is 30.3 Å². The first-order valence-corrected chi connectivity index (χ1v) is 7.59. The molecule has 0 saturated carbocycles. The summed E-state index contributed by atoms with van der Waals surface area (Å²) >= 11 is 0. The molecule has 0 radical (unpaired) electrons. The van der Waals surface area contributed by atoms with E-state index in [1.807, 2.05) is 42.8 Å². The molecule has 1 amide bonds. The highest BCUT2D eigenvalue weighted by Gasteiger charge is 2.12. The van der Waals surface area contributed by atoms with Crippen LogP contribution in [0.4, 0.5) is 5.82 Å². The molecular weight excluding hydrogens is 290 g/mol. The van der Waals surface area contributed by atoms with Gasteiger partial charge in [-0.3, -0.25) is 14.2 Å².